The van der Waals surface area contributed by atoms with Crippen LogP contribution in [0.15, 0.2) is 17.1 Å². The number of anilines is 1. The monoisotopic (exact) mass is 334 g/mol. The van der Waals surface area contributed by atoms with Crippen molar-refractivity contribution in [3.05, 3.63) is 33.9 Å². The minimum absolute atomic E-state index is 0.0689. The number of halogens is 1. The highest BCUT2D eigenvalue weighted by atomic mass is 19.1. The predicted octanol–water partition coefficient (Wildman–Crippen LogP) is 0.659. The maximum atomic E-state index is 14.5. The number of carbonyl (C=O) groups excluding carboxylic acids is 1. The fourth-order valence-corrected chi connectivity index (χ4v) is 2.82. The number of hydrogen-bond donors (Lipinski definition) is 1. The number of esters is 1. The van der Waals surface area contributed by atoms with Gasteiger partial charge in [0, 0.05) is 39.4 Å². The van der Waals surface area contributed by atoms with E-state index in [9.17, 15) is 14.0 Å². The Labute approximate surface area is 138 Å². The molecule has 0 atom stereocenters. The Hall–Kier alpha value is -2.48. The average Bonchev–Trinajstić information content (AvgIpc) is 2.58. The zero-order valence-electron chi connectivity index (χ0n) is 13.6. The number of ether oxygens (including phenoxy) is 1. The van der Waals surface area contributed by atoms with Crippen molar-refractivity contribution in [1.82, 2.24) is 14.9 Å². The van der Waals surface area contributed by atoms with Crippen molar-refractivity contribution < 1.29 is 13.9 Å². The number of carbonyl (C=O) groups is 1. The molecule has 1 saturated heterocycles. The molecule has 0 saturated carbocycles. The van der Waals surface area contributed by atoms with Crippen LogP contribution in [0.3, 0.4) is 0 Å². The quantitative estimate of drug-likeness (QED) is 0.831. The van der Waals surface area contributed by atoms with Gasteiger partial charge in [-0.15, -0.1) is 0 Å². The number of aryl methyl sites for hydroxylation is 1. The minimum atomic E-state index is -0.716. The van der Waals surface area contributed by atoms with Gasteiger partial charge in [0.15, 0.2) is 11.6 Å². The largest absolute Gasteiger partial charge is 0.462 e. The number of pyridine rings is 2. The molecule has 3 heterocycles. The molecule has 24 heavy (non-hydrogen) atoms. The summed E-state index contributed by atoms with van der Waals surface area (Å²) in [6.07, 6.45) is 1.38. The lowest BCUT2D eigenvalue weighted by Crippen LogP contribution is -2.44. The number of hydrogen-bond acceptors (Lipinski definition) is 6. The third-order valence-electron chi connectivity index (χ3n) is 4.00. The van der Waals surface area contributed by atoms with Crippen molar-refractivity contribution in [3.8, 4) is 0 Å². The summed E-state index contributed by atoms with van der Waals surface area (Å²) >= 11 is 0. The topological polar surface area (TPSA) is 76.5 Å². The van der Waals surface area contributed by atoms with E-state index in [2.05, 4.69) is 10.3 Å². The molecule has 0 amide bonds. The SMILES string of the molecule is CCOC(=O)c1cn(C)c2nc(N3CCNCC3)c(F)cc2c1=O. The van der Waals surface area contributed by atoms with Crippen LogP contribution in [0.4, 0.5) is 10.2 Å². The molecule has 0 bridgehead atoms. The van der Waals surface area contributed by atoms with Crippen LogP contribution in [0, 0.1) is 5.82 Å². The minimum Gasteiger partial charge on any atom is -0.462 e. The summed E-state index contributed by atoms with van der Waals surface area (Å²) in [4.78, 5) is 30.6. The fourth-order valence-electron chi connectivity index (χ4n) is 2.82. The van der Waals surface area contributed by atoms with Crippen LogP contribution in [-0.2, 0) is 11.8 Å². The Bertz CT molecular complexity index is 843. The molecule has 0 aliphatic carbocycles. The number of aromatic nitrogens is 2. The summed E-state index contributed by atoms with van der Waals surface area (Å²) in [6.45, 7) is 4.60. The van der Waals surface area contributed by atoms with Gasteiger partial charge in [0.25, 0.3) is 0 Å². The van der Waals surface area contributed by atoms with Crippen molar-refractivity contribution in [2.24, 2.45) is 7.05 Å². The smallest absolute Gasteiger partial charge is 0.343 e. The molecule has 8 heteroatoms. The highest BCUT2D eigenvalue weighted by Crippen LogP contribution is 2.21. The van der Waals surface area contributed by atoms with Crippen LogP contribution in [-0.4, -0.2) is 48.3 Å². The maximum absolute atomic E-state index is 14.5. The van der Waals surface area contributed by atoms with Gasteiger partial charge in [-0.1, -0.05) is 0 Å². The van der Waals surface area contributed by atoms with E-state index in [4.69, 9.17) is 4.74 Å². The number of rotatable bonds is 3. The van der Waals surface area contributed by atoms with Gasteiger partial charge < -0.3 is 19.5 Å². The first-order valence-corrected chi connectivity index (χ1v) is 7.85. The third kappa shape index (κ3) is 2.84. The molecule has 0 aromatic carbocycles. The van der Waals surface area contributed by atoms with Crippen molar-refractivity contribution >= 4 is 22.8 Å². The zero-order chi connectivity index (χ0) is 17.3. The van der Waals surface area contributed by atoms with Gasteiger partial charge in [0.1, 0.15) is 11.2 Å². The van der Waals surface area contributed by atoms with Crippen molar-refractivity contribution in [1.29, 1.82) is 0 Å². The first kappa shape index (κ1) is 16.4. The molecule has 1 aliphatic rings. The molecular formula is C16H19FN4O3. The summed E-state index contributed by atoms with van der Waals surface area (Å²) in [5, 5.41) is 3.26. The molecule has 1 N–H and O–H groups in total. The van der Waals surface area contributed by atoms with E-state index in [0.29, 0.717) is 18.7 Å². The normalized spacial score (nSPS) is 14.9. The average molecular weight is 334 g/mol. The van der Waals surface area contributed by atoms with Crippen molar-refractivity contribution in [3.63, 3.8) is 0 Å². The van der Waals surface area contributed by atoms with Crippen LogP contribution in [0.25, 0.3) is 11.0 Å². The highest BCUT2D eigenvalue weighted by molar-refractivity contribution is 5.93. The summed E-state index contributed by atoms with van der Waals surface area (Å²) in [7, 11) is 1.66. The van der Waals surface area contributed by atoms with Gasteiger partial charge in [-0.3, -0.25) is 4.79 Å². The van der Waals surface area contributed by atoms with Crippen LogP contribution in [0.1, 0.15) is 17.3 Å². The van der Waals surface area contributed by atoms with Gasteiger partial charge in [-0.25, -0.2) is 14.2 Å². The van der Waals surface area contributed by atoms with Crippen LogP contribution in [0.5, 0.6) is 0 Å². The van der Waals surface area contributed by atoms with Gasteiger partial charge in [0.05, 0.1) is 12.0 Å². The Morgan fingerprint density at radius 1 is 1.42 bits per heavy atom. The second-order valence-corrected chi connectivity index (χ2v) is 5.61. The van der Waals surface area contributed by atoms with Gasteiger partial charge in [0.2, 0.25) is 5.43 Å². The maximum Gasteiger partial charge on any atom is 0.343 e. The molecule has 128 valence electrons. The summed E-state index contributed by atoms with van der Waals surface area (Å²) < 4.78 is 20.9. The van der Waals surface area contributed by atoms with E-state index in [-0.39, 0.29) is 23.4 Å². The van der Waals surface area contributed by atoms with Gasteiger partial charge >= 0.3 is 5.97 Å². The molecule has 1 fully saturated rings. The molecule has 3 rings (SSSR count). The number of fused-ring (bicyclic) bond motifs is 1. The summed E-state index contributed by atoms with van der Waals surface area (Å²) in [5.41, 5.74) is -0.356. The molecule has 0 spiro atoms. The van der Waals surface area contributed by atoms with Crippen molar-refractivity contribution in [2.45, 2.75) is 6.92 Å². The third-order valence-corrected chi connectivity index (χ3v) is 4.00. The number of piperazine rings is 1. The Balaban J connectivity index is 2.14. The van der Waals surface area contributed by atoms with E-state index < -0.39 is 17.2 Å². The number of nitrogens with zero attached hydrogens (tertiary/aromatic N) is 3. The molecular weight excluding hydrogens is 315 g/mol. The molecule has 2 aromatic rings. The van der Waals surface area contributed by atoms with Crippen LogP contribution >= 0.6 is 0 Å². The molecule has 1 aliphatic heterocycles. The van der Waals surface area contributed by atoms with Gasteiger partial charge in [-0.05, 0) is 13.0 Å². The Morgan fingerprint density at radius 3 is 2.79 bits per heavy atom. The first-order chi connectivity index (χ1) is 11.5. The van der Waals surface area contributed by atoms with E-state index in [0.717, 1.165) is 19.2 Å². The van der Waals surface area contributed by atoms with Crippen molar-refractivity contribution in [2.75, 3.05) is 37.7 Å². The lowest BCUT2D eigenvalue weighted by Gasteiger charge is -2.28. The second kappa shape index (κ2) is 6.56. The lowest BCUT2D eigenvalue weighted by atomic mass is 10.2. The Kier molecular flexibility index (Phi) is 4.48. The first-order valence-electron chi connectivity index (χ1n) is 7.85. The van der Waals surface area contributed by atoms with E-state index >= 15 is 0 Å². The Morgan fingerprint density at radius 2 is 2.12 bits per heavy atom. The zero-order valence-corrected chi connectivity index (χ0v) is 13.6. The predicted molar refractivity (Wildman–Crippen MR) is 88.0 cm³/mol. The molecule has 2 aromatic heterocycles. The van der Waals surface area contributed by atoms with E-state index in [1.54, 1.807) is 18.5 Å². The van der Waals surface area contributed by atoms with E-state index in [1.807, 2.05) is 4.90 Å². The lowest BCUT2D eigenvalue weighted by molar-refractivity contribution is 0.0524. The fraction of sp³-hybridized carbons (Fsp3) is 0.438. The molecule has 0 unspecified atom stereocenters. The summed E-state index contributed by atoms with van der Waals surface area (Å²) in [5.74, 6) is -1.06. The standard InChI is InChI=1S/C16H19FN4O3/c1-3-24-16(23)11-9-20(2)14-10(13(11)22)8-12(17)15(19-14)21-6-4-18-5-7-21/h8-9,18H,3-7H2,1-2H3. The summed E-state index contributed by atoms with van der Waals surface area (Å²) in [6, 6.07) is 1.16. The molecule has 0 radical (unpaired) electrons. The molecule has 7 nitrogen and oxygen atoms in total. The van der Waals surface area contributed by atoms with E-state index in [1.165, 1.54) is 6.20 Å². The van der Waals surface area contributed by atoms with Crippen LogP contribution < -0.4 is 15.6 Å². The van der Waals surface area contributed by atoms with Crippen LogP contribution in [0.2, 0.25) is 0 Å². The highest BCUT2D eigenvalue weighted by Gasteiger charge is 2.21. The second-order valence-electron chi connectivity index (χ2n) is 5.61. The van der Waals surface area contributed by atoms with Gasteiger partial charge in [-0.2, -0.15) is 0 Å². The number of nitrogens with one attached hydrogen (secondary N) is 1.